The molecule has 0 saturated carbocycles. The summed E-state index contributed by atoms with van der Waals surface area (Å²) in [4.78, 5) is 0. The lowest BCUT2D eigenvalue weighted by Crippen LogP contribution is -1.76. The van der Waals surface area contributed by atoms with E-state index in [2.05, 4.69) is 22.9 Å². The molecule has 0 atom stereocenters. The van der Waals surface area contributed by atoms with E-state index in [1.807, 2.05) is 24.3 Å². The van der Waals surface area contributed by atoms with Gasteiger partial charge in [-0.1, -0.05) is 28.1 Å². The van der Waals surface area contributed by atoms with Gasteiger partial charge in [-0.05, 0) is 30.2 Å². The topological polar surface area (TPSA) is 13.1 Å². The lowest BCUT2D eigenvalue weighted by Gasteiger charge is -1.98. The van der Waals surface area contributed by atoms with Crippen LogP contribution in [-0.2, 0) is 0 Å². The summed E-state index contributed by atoms with van der Waals surface area (Å²) < 4.78 is 6.12. The molecule has 1 aromatic heterocycles. The van der Waals surface area contributed by atoms with Gasteiger partial charge in [0.1, 0.15) is 0 Å². The van der Waals surface area contributed by atoms with E-state index in [0.29, 0.717) is 0 Å². The van der Waals surface area contributed by atoms with Gasteiger partial charge in [0.2, 0.25) is 0 Å². The molecule has 1 nitrogen and oxygen atoms in total. The van der Waals surface area contributed by atoms with Crippen LogP contribution in [0, 0.1) is 6.92 Å². The Morgan fingerprint density at radius 2 is 2.08 bits per heavy atom. The molecule has 0 bridgehead atoms. The maximum absolute atomic E-state index is 5.06. The largest absolute Gasteiger partial charge is 0.472 e. The Balaban J connectivity index is 2.53. The van der Waals surface area contributed by atoms with Gasteiger partial charge in [-0.3, -0.25) is 0 Å². The third-order valence-electron chi connectivity index (χ3n) is 1.88. The molecule has 0 amide bonds. The molecule has 0 aliphatic heterocycles. The van der Waals surface area contributed by atoms with Gasteiger partial charge in [0, 0.05) is 10.0 Å². The molecule has 0 N–H and O–H groups in total. The van der Waals surface area contributed by atoms with Gasteiger partial charge >= 0.3 is 0 Å². The molecule has 0 fully saturated rings. The van der Waals surface area contributed by atoms with Gasteiger partial charge in [-0.15, -0.1) is 0 Å². The van der Waals surface area contributed by atoms with Crippen LogP contribution >= 0.6 is 15.9 Å². The number of hydrogen-bond donors (Lipinski definition) is 0. The van der Waals surface area contributed by atoms with E-state index in [1.54, 1.807) is 12.5 Å². The molecule has 0 saturated heterocycles. The predicted octanol–water partition coefficient (Wildman–Crippen LogP) is 3.89. The first-order valence-corrected chi connectivity index (χ1v) is 4.71. The number of hydrogen-bond acceptors (Lipinski definition) is 1. The van der Waals surface area contributed by atoms with E-state index >= 15 is 0 Å². The van der Waals surface area contributed by atoms with Gasteiger partial charge in [-0.2, -0.15) is 0 Å². The second-order valence-electron chi connectivity index (χ2n) is 2.82. The average Bonchev–Trinajstić information content (AvgIpc) is 2.51. The summed E-state index contributed by atoms with van der Waals surface area (Å²) in [5.41, 5.74) is 3.08. The smallest absolute Gasteiger partial charge is 0.0983 e. The molecule has 65 valence electrons. The zero-order valence-electron chi connectivity index (χ0n) is 6.96. The molecule has 0 aliphatic rings. The summed E-state index contributed by atoms with van der Waals surface area (Å²) in [6.45, 7) is 3.88. The zero-order valence-corrected chi connectivity index (χ0v) is 8.54. The molecule has 0 unspecified atom stereocenters. The highest BCUT2D eigenvalue weighted by molar-refractivity contribution is 9.10. The van der Waals surface area contributed by atoms with Gasteiger partial charge in [0.25, 0.3) is 0 Å². The molecule has 1 radical (unpaired) electrons. The summed E-state index contributed by atoms with van der Waals surface area (Å²) in [6, 6.07) is 8.06. The third-order valence-corrected chi connectivity index (χ3v) is 2.37. The van der Waals surface area contributed by atoms with Gasteiger partial charge in [0.15, 0.2) is 0 Å². The Bertz CT molecular complexity index is 418. The summed E-state index contributed by atoms with van der Waals surface area (Å²) >= 11 is 3.42. The molecule has 1 heterocycles. The lowest BCUT2D eigenvalue weighted by molar-refractivity contribution is 0.567. The van der Waals surface area contributed by atoms with Crippen LogP contribution in [0.4, 0.5) is 0 Å². The molecule has 0 spiro atoms. The Hall–Kier alpha value is -1.02. The molecule has 13 heavy (non-hydrogen) atoms. The van der Waals surface area contributed by atoms with Gasteiger partial charge in [-0.25, -0.2) is 0 Å². The number of furan rings is 1. The van der Waals surface area contributed by atoms with E-state index in [9.17, 15) is 0 Å². The van der Waals surface area contributed by atoms with Crippen molar-refractivity contribution in [2.75, 3.05) is 0 Å². The Kier molecular flexibility index (Phi) is 2.23. The predicted molar refractivity (Wildman–Crippen MR) is 56.3 cm³/mol. The highest BCUT2D eigenvalue weighted by Crippen LogP contribution is 2.26. The van der Waals surface area contributed by atoms with Gasteiger partial charge in [0.05, 0.1) is 12.5 Å². The monoisotopic (exact) mass is 235 g/mol. The molecular weight excluding hydrogens is 228 g/mol. The Morgan fingerprint density at radius 3 is 2.69 bits per heavy atom. The summed E-state index contributed by atoms with van der Waals surface area (Å²) in [5.74, 6) is 0. The van der Waals surface area contributed by atoms with Crippen molar-refractivity contribution in [1.29, 1.82) is 0 Å². The van der Waals surface area contributed by atoms with Crippen molar-refractivity contribution in [3.63, 3.8) is 0 Å². The first-order chi connectivity index (χ1) is 6.27. The highest BCUT2D eigenvalue weighted by Gasteiger charge is 2.03. The normalized spacial score (nSPS) is 10.3. The fraction of sp³-hybridized carbons (Fsp3) is 0. The Labute approximate surface area is 85.5 Å². The lowest BCUT2D eigenvalue weighted by atomic mass is 10.1. The minimum Gasteiger partial charge on any atom is -0.472 e. The van der Waals surface area contributed by atoms with E-state index in [4.69, 9.17) is 4.42 Å². The van der Waals surface area contributed by atoms with Crippen molar-refractivity contribution in [2.45, 2.75) is 0 Å². The first kappa shape index (κ1) is 8.57. The zero-order chi connectivity index (χ0) is 9.26. The third kappa shape index (κ3) is 1.68. The first-order valence-electron chi connectivity index (χ1n) is 3.91. The van der Waals surface area contributed by atoms with Crippen LogP contribution < -0.4 is 0 Å². The number of benzene rings is 1. The van der Waals surface area contributed by atoms with Crippen molar-refractivity contribution < 1.29 is 4.42 Å². The minimum absolute atomic E-state index is 0.915. The van der Waals surface area contributed by atoms with Crippen LogP contribution in [0.5, 0.6) is 0 Å². The van der Waals surface area contributed by atoms with Crippen molar-refractivity contribution in [3.05, 3.63) is 53.8 Å². The van der Waals surface area contributed by atoms with E-state index in [-0.39, 0.29) is 0 Å². The SMILES string of the molecule is [CH2]c1cocc1-c1cccc(Br)c1. The maximum atomic E-state index is 5.06. The quantitative estimate of drug-likeness (QED) is 0.731. The molecule has 2 aromatic rings. The van der Waals surface area contributed by atoms with Crippen LogP contribution in [0.25, 0.3) is 11.1 Å². The fourth-order valence-corrected chi connectivity index (χ4v) is 1.63. The standard InChI is InChI=1S/C11H8BrO/c1-8-6-13-7-11(8)9-3-2-4-10(12)5-9/h2-7H,1H2. The second kappa shape index (κ2) is 3.38. The summed E-state index contributed by atoms with van der Waals surface area (Å²) in [7, 11) is 0. The average molecular weight is 236 g/mol. The summed E-state index contributed by atoms with van der Waals surface area (Å²) in [6.07, 6.45) is 3.36. The van der Waals surface area contributed by atoms with Crippen LogP contribution in [0.3, 0.4) is 0 Å². The van der Waals surface area contributed by atoms with Crippen molar-refractivity contribution >= 4 is 15.9 Å². The maximum Gasteiger partial charge on any atom is 0.0983 e. The van der Waals surface area contributed by atoms with Crippen molar-refractivity contribution in [2.24, 2.45) is 0 Å². The fourth-order valence-electron chi connectivity index (χ4n) is 1.23. The molecule has 2 heteroatoms. The van der Waals surface area contributed by atoms with Crippen LogP contribution in [0.1, 0.15) is 5.56 Å². The summed E-state index contributed by atoms with van der Waals surface area (Å²) in [5, 5.41) is 0. The van der Waals surface area contributed by atoms with Crippen LogP contribution in [0.15, 0.2) is 45.7 Å². The molecule has 2 rings (SSSR count). The number of halogens is 1. The van der Waals surface area contributed by atoms with E-state index in [0.717, 1.165) is 21.2 Å². The van der Waals surface area contributed by atoms with Crippen molar-refractivity contribution in [1.82, 2.24) is 0 Å². The number of rotatable bonds is 1. The van der Waals surface area contributed by atoms with E-state index < -0.39 is 0 Å². The highest BCUT2D eigenvalue weighted by atomic mass is 79.9. The molecular formula is C11H8BrO. The molecule has 1 aromatic carbocycles. The van der Waals surface area contributed by atoms with E-state index in [1.165, 1.54) is 0 Å². The molecule has 0 aliphatic carbocycles. The minimum atomic E-state index is 0.915. The second-order valence-corrected chi connectivity index (χ2v) is 3.74. The van der Waals surface area contributed by atoms with Crippen LogP contribution in [0.2, 0.25) is 0 Å². The van der Waals surface area contributed by atoms with Crippen LogP contribution in [-0.4, -0.2) is 0 Å². The van der Waals surface area contributed by atoms with Crippen molar-refractivity contribution in [3.8, 4) is 11.1 Å². The van der Waals surface area contributed by atoms with Gasteiger partial charge < -0.3 is 4.42 Å². The Morgan fingerprint density at radius 1 is 1.23 bits per heavy atom.